The second kappa shape index (κ2) is 3.70. The number of benzene rings is 1. The van der Waals surface area contributed by atoms with Gasteiger partial charge in [-0.3, -0.25) is 0 Å². The van der Waals surface area contributed by atoms with E-state index < -0.39 is 0 Å². The van der Waals surface area contributed by atoms with Gasteiger partial charge in [0.2, 0.25) is 0 Å². The van der Waals surface area contributed by atoms with Crippen molar-refractivity contribution in [3.63, 3.8) is 0 Å². The Morgan fingerprint density at radius 3 is 2.00 bits per heavy atom. The van der Waals surface area contributed by atoms with Crippen molar-refractivity contribution in [3.05, 3.63) is 34.6 Å². The standard InChI is InChI=1S/C12H18FN/c1-8-5-10(7-12(3,4)14)6-9(2)11(8)13/h5-6H,7,14H2,1-4H3. The summed E-state index contributed by atoms with van der Waals surface area (Å²) < 4.78 is 13.3. The molecule has 2 N–H and O–H groups in total. The summed E-state index contributed by atoms with van der Waals surface area (Å²) in [5.41, 5.74) is 8.17. The second-order valence-corrected chi connectivity index (χ2v) is 4.71. The average Bonchev–Trinajstić information content (AvgIpc) is 1.96. The van der Waals surface area contributed by atoms with Crippen LogP contribution in [0.5, 0.6) is 0 Å². The van der Waals surface area contributed by atoms with Crippen molar-refractivity contribution in [2.45, 2.75) is 39.7 Å². The van der Waals surface area contributed by atoms with Crippen molar-refractivity contribution >= 4 is 0 Å². The Hall–Kier alpha value is -0.890. The van der Waals surface area contributed by atoms with Crippen LogP contribution < -0.4 is 5.73 Å². The first-order valence-electron chi connectivity index (χ1n) is 4.84. The molecule has 0 aliphatic heterocycles. The van der Waals surface area contributed by atoms with Gasteiger partial charge >= 0.3 is 0 Å². The van der Waals surface area contributed by atoms with Gasteiger partial charge in [-0.2, -0.15) is 0 Å². The predicted molar refractivity (Wildman–Crippen MR) is 57.8 cm³/mol. The Balaban J connectivity index is 3.02. The van der Waals surface area contributed by atoms with Crippen molar-refractivity contribution in [2.75, 3.05) is 0 Å². The summed E-state index contributed by atoms with van der Waals surface area (Å²) in [7, 11) is 0. The maximum absolute atomic E-state index is 13.3. The molecule has 0 saturated carbocycles. The van der Waals surface area contributed by atoms with Gasteiger partial charge in [-0.05, 0) is 50.8 Å². The van der Waals surface area contributed by atoms with Crippen molar-refractivity contribution in [2.24, 2.45) is 5.73 Å². The van der Waals surface area contributed by atoms with Crippen LogP contribution >= 0.6 is 0 Å². The average molecular weight is 195 g/mol. The third kappa shape index (κ3) is 2.81. The molecule has 1 rings (SSSR count). The topological polar surface area (TPSA) is 26.0 Å². The van der Waals surface area contributed by atoms with Crippen LogP contribution in [0.15, 0.2) is 12.1 Å². The van der Waals surface area contributed by atoms with Crippen LogP contribution in [0.2, 0.25) is 0 Å². The molecule has 14 heavy (non-hydrogen) atoms. The molecule has 0 aliphatic rings. The molecule has 0 aliphatic carbocycles. The monoisotopic (exact) mass is 195 g/mol. The molecule has 0 amide bonds. The maximum atomic E-state index is 13.3. The van der Waals surface area contributed by atoms with Gasteiger partial charge in [0.1, 0.15) is 5.82 Å². The molecule has 0 aromatic heterocycles. The third-order valence-corrected chi connectivity index (χ3v) is 2.16. The lowest BCUT2D eigenvalue weighted by Gasteiger charge is -2.19. The molecule has 78 valence electrons. The zero-order valence-corrected chi connectivity index (χ0v) is 9.32. The lowest BCUT2D eigenvalue weighted by atomic mass is 9.94. The minimum absolute atomic E-state index is 0.108. The normalized spacial score (nSPS) is 11.9. The summed E-state index contributed by atoms with van der Waals surface area (Å²) in [4.78, 5) is 0. The fraction of sp³-hybridized carbons (Fsp3) is 0.500. The van der Waals surface area contributed by atoms with Crippen molar-refractivity contribution in [1.29, 1.82) is 0 Å². The molecule has 0 heterocycles. The van der Waals surface area contributed by atoms with E-state index >= 15 is 0 Å². The SMILES string of the molecule is Cc1cc(CC(C)(C)N)cc(C)c1F. The van der Waals surface area contributed by atoms with E-state index in [-0.39, 0.29) is 11.4 Å². The molecule has 0 radical (unpaired) electrons. The molecule has 0 unspecified atom stereocenters. The summed E-state index contributed by atoms with van der Waals surface area (Å²) in [5, 5.41) is 0. The quantitative estimate of drug-likeness (QED) is 0.771. The molecule has 0 fully saturated rings. The van der Waals surface area contributed by atoms with Gasteiger partial charge in [0, 0.05) is 5.54 Å². The van der Waals surface area contributed by atoms with E-state index in [1.165, 1.54) is 0 Å². The molecule has 1 aromatic carbocycles. The number of hydrogen-bond acceptors (Lipinski definition) is 1. The zero-order chi connectivity index (χ0) is 10.9. The fourth-order valence-electron chi connectivity index (χ4n) is 1.66. The number of hydrogen-bond donors (Lipinski definition) is 1. The van der Waals surface area contributed by atoms with Gasteiger partial charge in [-0.1, -0.05) is 12.1 Å². The summed E-state index contributed by atoms with van der Waals surface area (Å²) in [5.74, 6) is -0.108. The van der Waals surface area contributed by atoms with Gasteiger partial charge < -0.3 is 5.73 Å². The van der Waals surface area contributed by atoms with E-state index in [1.54, 1.807) is 13.8 Å². The Bertz CT molecular complexity index is 314. The first kappa shape index (κ1) is 11.2. The van der Waals surface area contributed by atoms with Gasteiger partial charge in [-0.25, -0.2) is 4.39 Å². The van der Waals surface area contributed by atoms with Gasteiger partial charge in [0.15, 0.2) is 0 Å². The van der Waals surface area contributed by atoms with Crippen LogP contribution in [-0.4, -0.2) is 5.54 Å². The molecule has 1 aromatic rings. The molecule has 0 spiro atoms. The van der Waals surface area contributed by atoms with Crippen LogP contribution in [0.1, 0.15) is 30.5 Å². The summed E-state index contributed by atoms with van der Waals surface area (Å²) in [6, 6.07) is 3.74. The molecule has 0 atom stereocenters. The van der Waals surface area contributed by atoms with Crippen LogP contribution in [0, 0.1) is 19.7 Å². The first-order chi connectivity index (χ1) is 6.29. The highest BCUT2D eigenvalue weighted by Crippen LogP contribution is 2.17. The summed E-state index contributed by atoms with van der Waals surface area (Å²) in [6.07, 6.45) is 0.773. The number of aryl methyl sites for hydroxylation is 2. The van der Waals surface area contributed by atoms with E-state index in [0.717, 1.165) is 12.0 Å². The highest BCUT2D eigenvalue weighted by atomic mass is 19.1. The van der Waals surface area contributed by atoms with Crippen molar-refractivity contribution in [1.82, 2.24) is 0 Å². The van der Waals surface area contributed by atoms with E-state index in [4.69, 9.17) is 5.73 Å². The zero-order valence-electron chi connectivity index (χ0n) is 9.32. The predicted octanol–water partition coefficient (Wildman–Crippen LogP) is 2.72. The Morgan fingerprint density at radius 2 is 1.64 bits per heavy atom. The summed E-state index contributed by atoms with van der Waals surface area (Å²) in [6.45, 7) is 7.52. The molecule has 2 heteroatoms. The highest BCUT2D eigenvalue weighted by Gasteiger charge is 2.13. The van der Waals surface area contributed by atoms with Gasteiger partial charge in [0.25, 0.3) is 0 Å². The number of nitrogens with two attached hydrogens (primary N) is 1. The third-order valence-electron chi connectivity index (χ3n) is 2.16. The molecular formula is C12H18FN. The van der Waals surface area contributed by atoms with E-state index in [2.05, 4.69) is 0 Å². The molecular weight excluding hydrogens is 177 g/mol. The van der Waals surface area contributed by atoms with E-state index in [1.807, 2.05) is 26.0 Å². The van der Waals surface area contributed by atoms with Crippen LogP contribution in [0.4, 0.5) is 4.39 Å². The smallest absolute Gasteiger partial charge is 0.129 e. The summed E-state index contributed by atoms with van der Waals surface area (Å²) >= 11 is 0. The van der Waals surface area contributed by atoms with Crippen LogP contribution in [0.3, 0.4) is 0 Å². The maximum Gasteiger partial charge on any atom is 0.129 e. The molecule has 1 nitrogen and oxygen atoms in total. The lowest BCUT2D eigenvalue weighted by Crippen LogP contribution is -2.34. The number of rotatable bonds is 2. The Kier molecular flexibility index (Phi) is 2.95. The van der Waals surface area contributed by atoms with E-state index in [0.29, 0.717) is 11.1 Å². The second-order valence-electron chi connectivity index (χ2n) is 4.71. The van der Waals surface area contributed by atoms with Crippen LogP contribution in [-0.2, 0) is 6.42 Å². The molecule has 0 bridgehead atoms. The largest absolute Gasteiger partial charge is 0.325 e. The van der Waals surface area contributed by atoms with E-state index in [9.17, 15) is 4.39 Å². The first-order valence-corrected chi connectivity index (χ1v) is 4.84. The number of halogens is 1. The van der Waals surface area contributed by atoms with Crippen molar-refractivity contribution < 1.29 is 4.39 Å². The fourth-order valence-corrected chi connectivity index (χ4v) is 1.66. The van der Waals surface area contributed by atoms with Gasteiger partial charge in [-0.15, -0.1) is 0 Å². The lowest BCUT2D eigenvalue weighted by molar-refractivity contribution is 0.515. The van der Waals surface area contributed by atoms with Gasteiger partial charge in [0.05, 0.1) is 0 Å². The molecule has 0 saturated heterocycles. The highest BCUT2D eigenvalue weighted by molar-refractivity contribution is 5.31. The Labute approximate surface area is 85.1 Å². The Morgan fingerprint density at radius 1 is 1.21 bits per heavy atom. The van der Waals surface area contributed by atoms with Crippen LogP contribution in [0.25, 0.3) is 0 Å². The van der Waals surface area contributed by atoms with Crippen molar-refractivity contribution in [3.8, 4) is 0 Å². The minimum Gasteiger partial charge on any atom is -0.325 e. The minimum atomic E-state index is -0.239.